The molecule has 1 aliphatic rings. The SMILES string of the molecule is Cl.Cl.O=C(Nc1ccc2ncccc2c1)[C@@H]1CCCN1. The Morgan fingerprint density at radius 2 is 2.15 bits per heavy atom. The van der Waals surface area contributed by atoms with Crippen molar-refractivity contribution in [3.63, 3.8) is 0 Å². The van der Waals surface area contributed by atoms with E-state index in [0.29, 0.717) is 0 Å². The van der Waals surface area contributed by atoms with E-state index in [1.807, 2.05) is 30.3 Å². The number of nitrogens with zero attached hydrogens (tertiary/aromatic N) is 1. The summed E-state index contributed by atoms with van der Waals surface area (Å²) in [5, 5.41) is 7.17. The van der Waals surface area contributed by atoms with Crippen LogP contribution in [0.3, 0.4) is 0 Å². The predicted molar refractivity (Wildman–Crippen MR) is 85.9 cm³/mol. The molecule has 0 radical (unpaired) electrons. The standard InChI is InChI=1S/C14H15N3O.2ClH/c18-14(13-4-2-8-16-13)17-11-5-6-12-10(9-11)3-1-7-15-12;;/h1,3,5-7,9,13,16H,2,4,8H2,(H,17,18);2*1H/t13-;;/m0../s1. The number of anilines is 1. The predicted octanol–water partition coefficient (Wildman–Crippen LogP) is 2.77. The molecular formula is C14H17Cl2N3O. The monoisotopic (exact) mass is 313 g/mol. The number of benzene rings is 1. The van der Waals surface area contributed by atoms with Gasteiger partial charge in [-0.15, -0.1) is 24.8 Å². The van der Waals surface area contributed by atoms with Crippen LogP contribution in [0.25, 0.3) is 10.9 Å². The third-order valence-corrected chi connectivity index (χ3v) is 3.25. The lowest BCUT2D eigenvalue weighted by atomic mass is 10.2. The van der Waals surface area contributed by atoms with Crippen LogP contribution in [-0.2, 0) is 4.79 Å². The van der Waals surface area contributed by atoms with Crippen molar-refractivity contribution in [2.45, 2.75) is 18.9 Å². The van der Waals surface area contributed by atoms with E-state index in [1.165, 1.54) is 0 Å². The zero-order valence-electron chi connectivity index (χ0n) is 10.8. The van der Waals surface area contributed by atoms with Crippen molar-refractivity contribution in [3.8, 4) is 0 Å². The molecule has 1 aliphatic heterocycles. The molecule has 1 fully saturated rings. The Bertz CT molecular complexity index is 585. The van der Waals surface area contributed by atoms with Crippen LogP contribution in [0.1, 0.15) is 12.8 Å². The topological polar surface area (TPSA) is 54.0 Å². The number of halogens is 2. The van der Waals surface area contributed by atoms with E-state index in [2.05, 4.69) is 15.6 Å². The minimum absolute atomic E-state index is 0. The number of hydrogen-bond donors (Lipinski definition) is 2. The molecular weight excluding hydrogens is 297 g/mol. The fourth-order valence-corrected chi connectivity index (χ4v) is 2.29. The van der Waals surface area contributed by atoms with E-state index >= 15 is 0 Å². The largest absolute Gasteiger partial charge is 0.325 e. The molecule has 1 atom stereocenters. The summed E-state index contributed by atoms with van der Waals surface area (Å²) in [5.41, 5.74) is 1.77. The van der Waals surface area contributed by atoms with E-state index in [4.69, 9.17) is 0 Å². The summed E-state index contributed by atoms with van der Waals surface area (Å²) in [6.07, 6.45) is 3.75. The summed E-state index contributed by atoms with van der Waals surface area (Å²) >= 11 is 0. The van der Waals surface area contributed by atoms with E-state index in [9.17, 15) is 4.79 Å². The molecule has 2 heterocycles. The van der Waals surface area contributed by atoms with Gasteiger partial charge < -0.3 is 10.6 Å². The van der Waals surface area contributed by atoms with Gasteiger partial charge in [-0.05, 0) is 43.7 Å². The van der Waals surface area contributed by atoms with E-state index in [1.54, 1.807) is 6.20 Å². The quantitative estimate of drug-likeness (QED) is 0.896. The molecule has 0 bridgehead atoms. The van der Waals surface area contributed by atoms with Gasteiger partial charge in [0.1, 0.15) is 0 Å². The molecule has 1 saturated heterocycles. The lowest BCUT2D eigenvalue weighted by molar-refractivity contribution is -0.117. The molecule has 1 aromatic heterocycles. The number of carbonyl (C=O) groups is 1. The van der Waals surface area contributed by atoms with Gasteiger partial charge >= 0.3 is 0 Å². The number of pyridine rings is 1. The Morgan fingerprint density at radius 3 is 2.90 bits per heavy atom. The molecule has 0 saturated carbocycles. The van der Waals surface area contributed by atoms with Crippen molar-refractivity contribution in [2.24, 2.45) is 0 Å². The van der Waals surface area contributed by atoms with Gasteiger partial charge in [0.2, 0.25) is 5.91 Å². The zero-order chi connectivity index (χ0) is 12.4. The summed E-state index contributed by atoms with van der Waals surface area (Å²) in [6, 6.07) is 9.61. The summed E-state index contributed by atoms with van der Waals surface area (Å²) in [7, 11) is 0. The van der Waals surface area contributed by atoms with Gasteiger partial charge in [0.05, 0.1) is 11.6 Å². The van der Waals surface area contributed by atoms with E-state index in [-0.39, 0.29) is 36.8 Å². The van der Waals surface area contributed by atoms with Gasteiger partial charge in [-0.3, -0.25) is 9.78 Å². The molecule has 108 valence electrons. The second kappa shape index (κ2) is 7.43. The maximum absolute atomic E-state index is 12.0. The molecule has 4 nitrogen and oxygen atoms in total. The van der Waals surface area contributed by atoms with Crippen molar-refractivity contribution < 1.29 is 4.79 Å². The first-order valence-corrected chi connectivity index (χ1v) is 6.22. The third kappa shape index (κ3) is 3.60. The Kier molecular flexibility index (Phi) is 6.20. The van der Waals surface area contributed by atoms with Crippen LogP contribution >= 0.6 is 24.8 Å². The molecule has 0 unspecified atom stereocenters. The average molecular weight is 314 g/mol. The highest BCUT2D eigenvalue weighted by atomic mass is 35.5. The van der Waals surface area contributed by atoms with Crippen molar-refractivity contribution >= 4 is 47.3 Å². The summed E-state index contributed by atoms with van der Waals surface area (Å²) in [4.78, 5) is 16.2. The van der Waals surface area contributed by atoms with Crippen molar-refractivity contribution in [2.75, 3.05) is 11.9 Å². The van der Waals surface area contributed by atoms with Crippen molar-refractivity contribution in [1.29, 1.82) is 0 Å². The van der Waals surface area contributed by atoms with Crippen LogP contribution in [0.2, 0.25) is 0 Å². The van der Waals surface area contributed by atoms with Crippen molar-refractivity contribution in [1.82, 2.24) is 10.3 Å². The number of carbonyl (C=O) groups excluding carboxylic acids is 1. The molecule has 20 heavy (non-hydrogen) atoms. The minimum atomic E-state index is -0.0467. The second-order valence-electron chi connectivity index (χ2n) is 4.55. The van der Waals surface area contributed by atoms with Gasteiger partial charge in [0.25, 0.3) is 0 Å². The Labute approximate surface area is 130 Å². The van der Waals surface area contributed by atoms with Crippen LogP contribution in [0.15, 0.2) is 36.5 Å². The Morgan fingerprint density at radius 1 is 1.30 bits per heavy atom. The first-order chi connectivity index (χ1) is 8.83. The smallest absolute Gasteiger partial charge is 0.241 e. The normalized spacial score (nSPS) is 17.1. The maximum atomic E-state index is 12.0. The van der Waals surface area contributed by atoms with Gasteiger partial charge in [-0.25, -0.2) is 0 Å². The number of rotatable bonds is 2. The molecule has 0 spiro atoms. The van der Waals surface area contributed by atoms with Crippen LogP contribution in [0, 0.1) is 0 Å². The van der Waals surface area contributed by atoms with Crippen LogP contribution in [0.5, 0.6) is 0 Å². The van der Waals surface area contributed by atoms with Gasteiger partial charge in [-0.2, -0.15) is 0 Å². The highest BCUT2D eigenvalue weighted by Gasteiger charge is 2.21. The highest BCUT2D eigenvalue weighted by Crippen LogP contribution is 2.17. The molecule has 2 N–H and O–H groups in total. The first kappa shape index (κ1) is 16.7. The van der Waals surface area contributed by atoms with Gasteiger partial charge in [0.15, 0.2) is 0 Å². The van der Waals surface area contributed by atoms with Crippen LogP contribution in [-0.4, -0.2) is 23.5 Å². The average Bonchev–Trinajstić information content (AvgIpc) is 2.92. The summed E-state index contributed by atoms with van der Waals surface area (Å²) in [6.45, 7) is 0.930. The third-order valence-electron chi connectivity index (χ3n) is 3.25. The number of nitrogens with one attached hydrogen (secondary N) is 2. The minimum Gasteiger partial charge on any atom is -0.325 e. The van der Waals surface area contributed by atoms with Gasteiger partial charge in [0, 0.05) is 17.3 Å². The molecule has 1 amide bonds. The lowest BCUT2D eigenvalue weighted by Crippen LogP contribution is -2.35. The zero-order valence-corrected chi connectivity index (χ0v) is 12.5. The van der Waals surface area contributed by atoms with Gasteiger partial charge in [-0.1, -0.05) is 6.07 Å². The number of amides is 1. The highest BCUT2D eigenvalue weighted by molar-refractivity contribution is 5.96. The number of aromatic nitrogens is 1. The molecule has 6 heteroatoms. The first-order valence-electron chi connectivity index (χ1n) is 6.22. The number of fused-ring (bicyclic) bond motifs is 1. The van der Waals surface area contributed by atoms with Crippen molar-refractivity contribution in [3.05, 3.63) is 36.5 Å². The Hall–Kier alpha value is -1.36. The van der Waals surface area contributed by atoms with E-state index < -0.39 is 0 Å². The van der Waals surface area contributed by atoms with E-state index in [0.717, 1.165) is 36.0 Å². The second-order valence-corrected chi connectivity index (χ2v) is 4.55. The maximum Gasteiger partial charge on any atom is 0.241 e. The molecule has 1 aromatic carbocycles. The van der Waals surface area contributed by atoms with Crippen LogP contribution in [0.4, 0.5) is 5.69 Å². The lowest BCUT2D eigenvalue weighted by Gasteiger charge is -2.11. The fraction of sp³-hybridized carbons (Fsp3) is 0.286. The summed E-state index contributed by atoms with van der Waals surface area (Å²) in [5.74, 6) is 0.0516. The molecule has 2 aromatic rings. The Balaban J connectivity index is 0.000001000. The number of hydrogen-bond acceptors (Lipinski definition) is 3. The van der Waals surface area contributed by atoms with Crippen LogP contribution < -0.4 is 10.6 Å². The fourth-order valence-electron chi connectivity index (χ4n) is 2.29. The molecule has 3 rings (SSSR count). The molecule has 0 aliphatic carbocycles. The summed E-state index contributed by atoms with van der Waals surface area (Å²) < 4.78 is 0.